The molecule has 0 bridgehead atoms. The molecule has 0 spiro atoms. The minimum absolute atomic E-state index is 0.269. The third-order valence-corrected chi connectivity index (χ3v) is 0.622. The molecule has 1 aliphatic heterocycles. The molecule has 1 heterocycles. The molecule has 2 heteroatoms. The summed E-state index contributed by atoms with van der Waals surface area (Å²) >= 11 is 0. The molecule has 0 aromatic heterocycles. The number of rotatable bonds is 0. The first kappa shape index (κ1) is 3.68. The Morgan fingerprint density at radius 2 is 2.83 bits per heavy atom. The summed E-state index contributed by atoms with van der Waals surface area (Å²) in [6, 6.07) is 0.269. The third kappa shape index (κ3) is 0.518. The molecule has 6 heavy (non-hydrogen) atoms. The van der Waals surface area contributed by atoms with Gasteiger partial charge in [0, 0.05) is 6.08 Å². The summed E-state index contributed by atoms with van der Waals surface area (Å²) < 4.78 is 0. The van der Waals surface area contributed by atoms with E-state index >= 15 is 0 Å². The lowest BCUT2D eigenvalue weighted by Crippen LogP contribution is -2.15. The van der Waals surface area contributed by atoms with Gasteiger partial charge in [0.05, 0.1) is 6.04 Å². The molecule has 2 nitrogen and oxygen atoms in total. The maximum absolute atomic E-state index is 4.57. The Kier molecular flexibility index (Phi) is 0.801. The fourth-order valence-electron chi connectivity index (χ4n) is 0.306. The Bertz CT molecular complexity index is 69.9. The highest BCUT2D eigenvalue weighted by molar-refractivity contribution is 4.78. The Morgan fingerprint density at radius 3 is 3.00 bits per heavy atom. The van der Waals surface area contributed by atoms with Gasteiger partial charge in [-0.05, 0) is 6.92 Å². The zero-order chi connectivity index (χ0) is 4.41. The molecule has 1 atom stereocenters. The molecule has 0 fully saturated rings. The van der Waals surface area contributed by atoms with Crippen molar-refractivity contribution >= 4 is 0 Å². The lowest BCUT2D eigenvalue weighted by Gasteiger charge is -1.93. The molecule has 0 saturated carbocycles. The van der Waals surface area contributed by atoms with E-state index in [1.165, 1.54) is 6.26 Å². The number of hydroxylamine groups is 1. The van der Waals surface area contributed by atoms with Crippen LogP contribution >= 0.6 is 0 Å². The summed E-state index contributed by atoms with van der Waals surface area (Å²) in [5.41, 5.74) is 2.65. The van der Waals surface area contributed by atoms with E-state index in [4.69, 9.17) is 0 Å². The van der Waals surface area contributed by atoms with E-state index in [-0.39, 0.29) is 6.04 Å². The Morgan fingerprint density at radius 1 is 2.00 bits per heavy atom. The molecule has 0 saturated heterocycles. The molecule has 1 aliphatic rings. The van der Waals surface area contributed by atoms with Gasteiger partial charge < -0.3 is 4.84 Å². The summed E-state index contributed by atoms with van der Waals surface area (Å²) in [5, 5.41) is 0. The molecule has 0 aliphatic carbocycles. The molecular formula is C4H6NO. The third-order valence-electron chi connectivity index (χ3n) is 0.622. The molecule has 1 unspecified atom stereocenters. The van der Waals surface area contributed by atoms with Crippen LogP contribution in [0, 0.1) is 6.08 Å². The maximum Gasteiger partial charge on any atom is 0.116 e. The highest BCUT2D eigenvalue weighted by Gasteiger charge is 1.99. The Balaban J connectivity index is 2.38. The Hall–Kier alpha value is -0.500. The zero-order valence-corrected chi connectivity index (χ0v) is 3.56. The lowest BCUT2D eigenvalue weighted by atomic mass is 10.4. The van der Waals surface area contributed by atoms with Crippen LogP contribution in [0.25, 0.3) is 0 Å². The molecule has 0 aromatic rings. The highest BCUT2D eigenvalue weighted by atomic mass is 16.6. The predicted molar refractivity (Wildman–Crippen MR) is 21.5 cm³/mol. The fraction of sp³-hybridized carbons (Fsp3) is 0.500. The summed E-state index contributed by atoms with van der Waals surface area (Å²) in [5.74, 6) is 0. The first-order chi connectivity index (χ1) is 2.89. The van der Waals surface area contributed by atoms with Gasteiger partial charge >= 0.3 is 0 Å². The van der Waals surface area contributed by atoms with Crippen molar-refractivity contribution in [3.8, 4) is 0 Å². The van der Waals surface area contributed by atoms with Gasteiger partial charge in [-0.1, -0.05) is 0 Å². The van der Waals surface area contributed by atoms with E-state index in [9.17, 15) is 0 Å². The fourth-order valence-corrected chi connectivity index (χ4v) is 0.306. The van der Waals surface area contributed by atoms with E-state index in [1.807, 2.05) is 6.92 Å². The maximum atomic E-state index is 4.57. The van der Waals surface area contributed by atoms with Crippen LogP contribution < -0.4 is 5.48 Å². The van der Waals surface area contributed by atoms with Gasteiger partial charge in [-0.2, -0.15) is 5.48 Å². The SMILES string of the molecule is CC1[C]=CON1. The monoisotopic (exact) mass is 84.0 g/mol. The zero-order valence-electron chi connectivity index (χ0n) is 3.56. The second-order valence-electron chi connectivity index (χ2n) is 1.24. The predicted octanol–water partition coefficient (Wildman–Crippen LogP) is 0.227. The minimum Gasteiger partial charge on any atom is -0.416 e. The van der Waals surface area contributed by atoms with Gasteiger partial charge in [-0.25, -0.2) is 0 Å². The quantitative estimate of drug-likeness (QED) is 0.453. The topological polar surface area (TPSA) is 21.3 Å². The standard InChI is InChI=1S/C4H6NO/c1-4-2-3-6-5-4/h3-5H,1H3. The molecule has 1 rings (SSSR count). The molecular weight excluding hydrogens is 78.0 g/mol. The Labute approximate surface area is 36.8 Å². The lowest BCUT2D eigenvalue weighted by molar-refractivity contribution is 0.146. The average molecular weight is 84.1 g/mol. The highest BCUT2D eigenvalue weighted by Crippen LogP contribution is 1.89. The van der Waals surface area contributed by atoms with Crippen molar-refractivity contribution in [1.29, 1.82) is 0 Å². The van der Waals surface area contributed by atoms with Crippen LogP contribution in [-0.2, 0) is 4.84 Å². The molecule has 1 radical (unpaired) electrons. The van der Waals surface area contributed by atoms with Gasteiger partial charge in [0.1, 0.15) is 6.26 Å². The van der Waals surface area contributed by atoms with Crippen LogP contribution in [-0.4, -0.2) is 6.04 Å². The van der Waals surface area contributed by atoms with Gasteiger partial charge in [0.15, 0.2) is 0 Å². The second kappa shape index (κ2) is 1.30. The van der Waals surface area contributed by atoms with E-state index in [0.717, 1.165) is 0 Å². The number of hydrogen-bond acceptors (Lipinski definition) is 2. The first-order valence-corrected chi connectivity index (χ1v) is 1.88. The number of nitrogens with one attached hydrogen (secondary N) is 1. The van der Waals surface area contributed by atoms with Crippen molar-refractivity contribution in [2.45, 2.75) is 13.0 Å². The van der Waals surface area contributed by atoms with Crippen molar-refractivity contribution in [3.63, 3.8) is 0 Å². The van der Waals surface area contributed by atoms with Crippen LogP contribution in [0.5, 0.6) is 0 Å². The van der Waals surface area contributed by atoms with Crippen molar-refractivity contribution in [2.75, 3.05) is 0 Å². The van der Waals surface area contributed by atoms with Crippen molar-refractivity contribution < 1.29 is 4.84 Å². The van der Waals surface area contributed by atoms with Crippen molar-refractivity contribution in [2.24, 2.45) is 0 Å². The minimum atomic E-state index is 0.269. The van der Waals surface area contributed by atoms with Crippen molar-refractivity contribution in [3.05, 3.63) is 12.3 Å². The second-order valence-corrected chi connectivity index (χ2v) is 1.24. The van der Waals surface area contributed by atoms with Gasteiger partial charge in [-0.3, -0.25) is 0 Å². The average Bonchev–Trinajstić information content (AvgIpc) is 1.86. The van der Waals surface area contributed by atoms with E-state index in [0.29, 0.717) is 0 Å². The van der Waals surface area contributed by atoms with E-state index in [1.54, 1.807) is 0 Å². The number of hydrogen-bond donors (Lipinski definition) is 1. The van der Waals surface area contributed by atoms with Crippen LogP contribution in [0.2, 0.25) is 0 Å². The van der Waals surface area contributed by atoms with Crippen molar-refractivity contribution in [1.82, 2.24) is 5.48 Å². The summed E-state index contributed by atoms with van der Waals surface area (Å²) in [4.78, 5) is 4.57. The van der Waals surface area contributed by atoms with E-state index in [2.05, 4.69) is 16.4 Å². The van der Waals surface area contributed by atoms with Gasteiger partial charge in [0.2, 0.25) is 0 Å². The molecule has 1 N–H and O–H groups in total. The normalized spacial score (nSPS) is 30.5. The summed E-state index contributed by atoms with van der Waals surface area (Å²) in [7, 11) is 0. The van der Waals surface area contributed by atoms with Gasteiger partial charge in [-0.15, -0.1) is 0 Å². The summed E-state index contributed by atoms with van der Waals surface area (Å²) in [6.07, 6.45) is 4.38. The smallest absolute Gasteiger partial charge is 0.116 e. The molecule has 0 amide bonds. The largest absolute Gasteiger partial charge is 0.416 e. The van der Waals surface area contributed by atoms with Gasteiger partial charge in [0.25, 0.3) is 0 Å². The van der Waals surface area contributed by atoms with Crippen LogP contribution in [0.15, 0.2) is 6.26 Å². The molecule has 33 valence electrons. The molecule has 0 aromatic carbocycles. The summed E-state index contributed by atoms with van der Waals surface area (Å²) in [6.45, 7) is 1.96. The van der Waals surface area contributed by atoms with Crippen LogP contribution in [0.3, 0.4) is 0 Å². The van der Waals surface area contributed by atoms with Crippen LogP contribution in [0.1, 0.15) is 6.92 Å². The first-order valence-electron chi connectivity index (χ1n) is 1.88. The van der Waals surface area contributed by atoms with Crippen LogP contribution in [0.4, 0.5) is 0 Å². The van der Waals surface area contributed by atoms with E-state index < -0.39 is 0 Å².